The standard InChI is InChI=1S/C16H16N3O2/c1-2-10-18-14(20)13(12-7-4-3-5-8-12)15(21)19-11-6-9-17-16(18)19/h3-9,11,13H,2,10H2,1H3/q+1. The summed E-state index contributed by atoms with van der Waals surface area (Å²) in [5.41, 5.74) is 0.718. The van der Waals surface area contributed by atoms with Gasteiger partial charge in [0.05, 0.1) is 12.7 Å². The molecule has 1 aliphatic heterocycles. The summed E-state index contributed by atoms with van der Waals surface area (Å²) in [5.74, 6) is -0.839. The number of fused-ring (bicyclic) bond motifs is 1. The van der Waals surface area contributed by atoms with Crippen molar-refractivity contribution in [3.63, 3.8) is 0 Å². The van der Waals surface area contributed by atoms with Crippen LogP contribution in [0.25, 0.3) is 0 Å². The van der Waals surface area contributed by atoms with Crippen LogP contribution in [0.1, 0.15) is 29.6 Å². The number of carbonyl (C=O) groups is 2. The van der Waals surface area contributed by atoms with E-state index in [-0.39, 0.29) is 11.8 Å². The number of carbonyl (C=O) groups excluding carboxylic acids is 2. The van der Waals surface area contributed by atoms with Gasteiger partial charge in [-0.25, -0.2) is 0 Å². The van der Waals surface area contributed by atoms with Crippen LogP contribution >= 0.6 is 0 Å². The van der Waals surface area contributed by atoms with E-state index in [4.69, 9.17) is 0 Å². The minimum absolute atomic E-state index is 0.202. The number of hydrogen-bond acceptors (Lipinski definition) is 3. The molecular weight excluding hydrogens is 266 g/mol. The Kier molecular flexibility index (Phi) is 3.48. The molecule has 5 heteroatoms. The second-order valence-corrected chi connectivity index (χ2v) is 4.96. The summed E-state index contributed by atoms with van der Waals surface area (Å²) in [4.78, 5) is 31.2. The van der Waals surface area contributed by atoms with E-state index in [1.54, 1.807) is 23.4 Å². The number of anilines is 1. The first-order valence-electron chi connectivity index (χ1n) is 7.01. The maximum atomic E-state index is 12.7. The summed E-state index contributed by atoms with van der Waals surface area (Å²) >= 11 is 0. The first-order valence-corrected chi connectivity index (χ1v) is 7.01. The van der Waals surface area contributed by atoms with Crippen molar-refractivity contribution in [2.45, 2.75) is 19.3 Å². The normalized spacial score (nSPS) is 17.8. The van der Waals surface area contributed by atoms with Crippen molar-refractivity contribution in [3.8, 4) is 0 Å². The minimum atomic E-state index is -0.792. The van der Waals surface area contributed by atoms with Crippen molar-refractivity contribution in [1.29, 1.82) is 0 Å². The fourth-order valence-corrected chi connectivity index (χ4v) is 2.60. The molecule has 1 aliphatic rings. The van der Waals surface area contributed by atoms with E-state index < -0.39 is 5.92 Å². The molecule has 2 aromatic rings. The first kappa shape index (κ1) is 13.4. The van der Waals surface area contributed by atoms with E-state index in [1.165, 1.54) is 4.57 Å². The van der Waals surface area contributed by atoms with Crippen LogP contribution in [0, 0.1) is 0 Å². The Labute approximate surface area is 122 Å². The third kappa shape index (κ3) is 2.20. The number of hydrogen-bond donors (Lipinski definition) is 0. The third-order valence-corrected chi connectivity index (χ3v) is 3.55. The minimum Gasteiger partial charge on any atom is -0.255 e. The van der Waals surface area contributed by atoms with Gasteiger partial charge in [0.2, 0.25) is 0 Å². The van der Waals surface area contributed by atoms with Crippen LogP contribution in [-0.4, -0.2) is 23.3 Å². The third-order valence-electron chi connectivity index (χ3n) is 3.55. The van der Waals surface area contributed by atoms with Crippen LogP contribution in [0.5, 0.6) is 0 Å². The molecule has 1 aromatic heterocycles. The van der Waals surface area contributed by atoms with E-state index in [0.717, 1.165) is 12.0 Å². The van der Waals surface area contributed by atoms with E-state index in [1.807, 2.05) is 37.3 Å². The molecule has 0 fully saturated rings. The number of amides is 1. The lowest BCUT2D eigenvalue weighted by atomic mass is 9.95. The molecule has 0 saturated carbocycles. The Bertz CT molecular complexity index is 685. The predicted molar refractivity (Wildman–Crippen MR) is 76.9 cm³/mol. The van der Waals surface area contributed by atoms with E-state index in [2.05, 4.69) is 4.98 Å². The van der Waals surface area contributed by atoms with Crippen LogP contribution in [-0.2, 0) is 4.79 Å². The van der Waals surface area contributed by atoms with Crippen molar-refractivity contribution >= 4 is 17.8 Å². The Morgan fingerprint density at radius 1 is 1.19 bits per heavy atom. The number of aromatic nitrogens is 2. The molecule has 1 unspecified atom stereocenters. The van der Waals surface area contributed by atoms with Crippen molar-refractivity contribution in [1.82, 2.24) is 4.98 Å². The molecular formula is C16H16N3O2+. The number of nitrogens with zero attached hydrogens (tertiary/aromatic N) is 3. The van der Waals surface area contributed by atoms with Gasteiger partial charge in [0.25, 0.3) is 0 Å². The van der Waals surface area contributed by atoms with Crippen molar-refractivity contribution in [2.75, 3.05) is 11.4 Å². The maximum absolute atomic E-state index is 12.7. The van der Waals surface area contributed by atoms with Gasteiger partial charge in [-0.3, -0.25) is 9.59 Å². The fourth-order valence-electron chi connectivity index (χ4n) is 2.60. The first-order chi connectivity index (χ1) is 10.2. The van der Waals surface area contributed by atoms with Gasteiger partial charge in [-0.1, -0.05) is 42.2 Å². The van der Waals surface area contributed by atoms with Gasteiger partial charge in [-0.2, -0.15) is 9.47 Å². The van der Waals surface area contributed by atoms with Gasteiger partial charge < -0.3 is 0 Å². The lowest BCUT2D eigenvalue weighted by Gasteiger charge is -2.25. The maximum Gasteiger partial charge on any atom is 0.408 e. The van der Waals surface area contributed by atoms with Crippen LogP contribution in [0.4, 0.5) is 5.95 Å². The topological polar surface area (TPSA) is 54.2 Å². The summed E-state index contributed by atoms with van der Waals surface area (Å²) in [5, 5.41) is 0. The zero-order valence-corrected chi connectivity index (χ0v) is 11.8. The van der Waals surface area contributed by atoms with Crippen LogP contribution in [0.2, 0.25) is 0 Å². The zero-order valence-electron chi connectivity index (χ0n) is 11.8. The Hall–Kier alpha value is -2.56. The largest absolute Gasteiger partial charge is 0.408 e. The van der Waals surface area contributed by atoms with Gasteiger partial charge in [-0.05, 0) is 12.0 Å². The van der Waals surface area contributed by atoms with E-state index >= 15 is 0 Å². The van der Waals surface area contributed by atoms with Crippen molar-refractivity contribution < 1.29 is 14.2 Å². The van der Waals surface area contributed by atoms with Gasteiger partial charge in [-0.15, -0.1) is 0 Å². The summed E-state index contributed by atoms with van der Waals surface area (Å²) in [6, 6.07) is 10.9. The highest BCUT2D eigenvalue weighted by Gasteiger charge is 2.46. The molecule has 0 aliphatic carbocycles. The monoisotopic (exact) mass is 282 g/mol. The predicted octanol–water partition coefficient (Wildman–Crippen LogP) is 1.55. The van der Waals surface area contributed by atoms with Crippen LogP contribution in [0.15, 0.2) is 48.8 Å². The second kappa shape index (κ2) is 5.44. The molecule has 21 heavy (non-hydrogen) atoms. The zero-order chi connectivity index (χ0) is 14.8. The number of rotatable bonds is 3. The Morgan fingerprint density at radius 3 is 2.67 bits per heavy atom. The highest BCUT2D eigenvalue weighted by Crippen LogP contribution is 2.25. The summed E-state index contributed by atoms with van der Waals surface area (Å²) < 4.78 is 1.47. The molecule has 3 rings (SSSR count). The highest BCUT2D eigenvalue weighted by atomic mass is 16.2. The molecule has 0 N–H and O–H groups in total. The molecule has 0 bridgehead atoms. The smallest absolute Gasteiger partial charge is 0.255 e. The molecule has 0 radical (unpaired) electrons. The molecule has 2 heterocycles. The van der Waals surface area contributed by atoms with Crippen LogP contribution in [0.3, 0.4) is 0 Å². The van der Waals surface area contributed by atoms with Gasteiger partial charge in [0.15, 0.2) is 5.92 Å². The van der Waals surface area contributed by atoms with Gasteiger partial charge in [0, 0.05) is 6.07 Å². The van der Waals surface area contributed by atoms with Crippen LogP contribution < -0.4 is 9.47 Å². The molecule has 1 atom stereocenters. The lowest BCUT2D eigenvalue weighted by Crippen LogP contribution is -2.60. The quantitative estimate of drug-likeness (QED) is 0.634. The summed E-state index contributed by atoms with van der Waals surface area (Å²) in [7, 11) is 0. The van der Waals surface area contributed by atoms with Crippen molar-refractivity contribution in [3.05, 3.63) is 54.4 Å². The average molecular weight is 282 g/mol. The molecule has 5 nitrogen and oxygen atoms in total. The molecule has 0 saturated heterocycles. The molecule has 1 amide bonds. The molecule has 0 spiro atoms. The van der Waals surface area contributed by atoms with Gasteiger partial charge in [0.1, 0.15) is 6.20 Å². The summed E-state index contributed by atoms with van der Waals surface area (Å²) in [6.07, 6.45) is 4.06. The molecule has 1 aromatic carbocycles. The van der Waals surface area contributed by atoms with Gasteiger partial charge >= 0.3 is 17.8 Å². The fraction of sp³-hybridized carbons (Fsp3) is 0.250. The Morgan fingerprint density at radius 2 is 1.95 bits per heavy atom. The average Bonchev–Trinajstić information content (AvgIpc) is 2.53. The van der Waals surface area contributed by atoms with E-state index in [0.29, 0.717) is 12.5 Å². The Balaban J connectivity index is 2.12. The van der Waals surface area contributed by atoms with Crippen molar-refractivity contribution in [2.24, 2.45) is 0 Å². The summed E-state index contributed by atoms with van der Waals surface area (Å²) in [6.45, 7) is 2.54. The SMILES string of the molecule is CCCN1C(=O)C(c2ccccc2)C(=O)[n+]2cccnc21. The highest BCUT2D eigenvalue weighted by molar-refractivity contribution is 6.11. The lowest BCUT2D eigenvalue weighted by molar-refractivity contribution is -0.566. The second-order valence-electron chi connectivity index (χ2n) is 4.96. The number of benzene rings is 1. The molecule has 106 valence electrons. The van der Waals surface area contributed by atoms with E-state index in [9.17, 15) is 9.59 Å².